The number of hydrogen-bond acceptors (Lipinski definition) is 6. The van der Waals surface area contributed by atoms with Crippen molar-refractivity contribution in [3.8, 4) is 11.6 Å². The zero-order valence-electron chi connectivity index (χ0n) is 11.8. The Balaban J connectivity index is 1.72. The molecule has 0 unspecified atom stereocenters. The molecular weight excluding hydrogens is 274 g/mol. The molecule has 2 rings (SSSR count). The van der Waals surface area contributed by atoms with E-state index < -0.39 is 0 Å². The quantitative estimate of drug-likeness (QED) is 0.566. The third-order valence-electron chi connectivity index (χ3n) is 2.40. The number of carbonyl (C=O) groups excluding carboxylic acids is 1. The van der Waals surface area contributed by atoms with E-state index in [0.717, 1.165) is 5.57 Å². The smallest absolute Gasteiger partial charge is 0.243 e. The molecule has 112 valence electrons. The van der Waals surface area contributed by atoms with Gasteiger partial charge in [0, 0.05) is 6.54 Å². The molecule has 0 bridgehead atoms. The summed E-state index contributed by atoms with van der Waals surface area (Å²) in [5, 5.41) is 14.4. The summed E-state index contributed by atoms with van der Waals surface area (Å²) in [6, 6.07) is 3.45. The number of nitrogens with one attached hydrogen (secondary N) is 1. The molecule has 8 nitrogen and oxygen atoms in total. The Labute approximate surface area is 121 Å². The van der Waals surface area contributed by atoms with Crippen LogP contribution < -0.4 is 5.32 Å². The fourth-order valence-corrected chi connectivity index (χ4v) is 1.51. The summed E-state index contributed by atoms with van der Waals surface area (Å²) >= 11 is 0. The van der Waals surface area contributed by atoms with Gasteiger partial charge in [0.2, 0.25) is 11.7 Å². The number of furan rings is 1. The molecule has 0 atom stereocenters. The third-order valence-corrected chi connectivity index (χ3v) is 2.40. The molecule has 0 aliphatic carbocycles. The van der Waals surface area contributed by atoms with Crippen LogP contribution in [0.25, 0.3) is 11.6 Å². The Bertz CT molecular complexity index is 591. The van der Waals surface area contributed by atoms with Gasteiger partial charge in [0.05, 0.1) is 19.5 Å². The third kappa shape index (κ3) is 4.84. The molecular formula is C13H17N5O3. The predicted molar refractivity (Wildman–Crippen MR) is 74.2 cm³/mol. The van der Waals surface area contributed by atoms with Crippen molar-refractivity contribution < 1.29 is 13.9 Å². The van der Waals surface area contributed by atoms with Crippen LogP contribution >= 0.6 is 0 Å². The van der Waals surface area contributed by atoms with Crippen molar-refractivity contribution in [2.45, 2.75) is 13.5 Å². The second-order valence-corrected chi connectivity index (χ2v) is 4.48. The minimum Gasteiger partial charge on any atom is -0.461 e. The van der Waals surface area contributed by atoms with E-state index in [1.54, 1.807) is 12.1 Å². The van der Waals surface area contributed by atoms with Gasteiger partial charge in [0.25, 0.3) is 0 Å². The van der Waals surface area contributed by atoms with E-state index in [9.17, 15) is 4.79 Å². The van der Waals surface area contributed by atoms with Crippen molar-refractivity contribution in [1.82, 2.24) is 25.5 Å². The van der Waals surface area contributed by atoms with Crippen LogP contribution in [-0.4, -0.2) is 45.9 Å². The summed E-state index contributed by atoms with van der Waals surface area (Å²) in [6.07, 6.45) is 1.52. The molecule has 2 aromatic heterocycles. The van der Waals surface area contributed by atoms with E-state index in [-0.39, 0.29) is 12.5 Å². The lowest BCUT2D eigenvalue weighted by Crippen LogP contribution is -2.31. The Morgan fingerprint density at radius 1 is 1.57 bits per heavy atom. The highest BCUT2D eigenvalue weighted by Crippen LogP contribution is 2.12. The second-order valence-electron chi connectivity index (χ2n) is 4.48. The Kier molecular flexibility index (Phi) is 5.22. The first kappa shape index (κ1) is 14.9. The summed E-state index contributed by atoms with van der Waals surface area (Å²) < 4.78 is 10.4. The van der Waals surface area contributed by atoms with Gasteiger partial charge in [-0.1, -0.05) is 12.2 Å². The zero-order chi connectivity index (χ0) is 15.1. The van der Waals surface area contributed by atoms with Gasteiger partial charge in [-0.05, 0) is 24.3 Å². The van der Waals surface area contributed by atoms with Crippen molar-refractivity contribution in [2.75, 3.05) is 19.8 Å². The van der Waals surface area contributed by atoms with E-state index in [4.69, 9.17) is 9.15 Å². The fourth-order valence-electron chi connectivity index (χ4n) is 1.51. The topological polar surface area (TPSA) is 95.1 Å². The average Bonchev–Trinajstić information content (AvgIpc) is 3.08. The maximum atomic E-state index is 11.7. The Morgan fingerprint density at radius 2 is 2.43 bits per heavy atom. The molecule has 0 aliphatic rings. The first-order valence-electron chi connectivity index (χ1n) is 6.45. The number of rotatable bonds is 8. The van der Waals surface area contributed by atoms with Crippen LogP contribution in [-0.2, 0) is 16.1 Å². The van der Waals surface area contributed by atoms with Crippen LogP contribution in [0.3, 0.4) is 0 Å². The van der Waals surface area contributed by atoms with Crippen molar-refractivity contribution >= 4 is 5.91 Å². The van der Waals surface area contributed by atoms with Gasteiger partial charge in [0.15, 0.2) is 5.76 Å². The van der Waals surface area contributed by atoms with Crippen LogP contribution in [0.1, 0.15) is 6.92 Å². The highest BCUT2D eigenvalue weighted by molar-refractivity contribution is 5.75. The molecule has 0 aliphatic heterocycles. The molecule has 0 saturated carbocycles. The Hall–Kier alpha value is -2.48. The molecule has 2 aromatic rings. The summed E-state index contributed by atoms with van der Waals surface area (Å²) in [5.74, 6) is 0.643. The number of amides is 1. The molecule has 0 fully saturated rings. The van der Waals surface area contributed by atoms with Crippen LogP contribution in [0, 0.1) is 0 Å². The van der Waals surface area contributed by atoms with Crippen molar-refractivity contribution in [1.29, 1.82) is 0 Å². The minimum absolute atomic E-state index is 0.00576. The van der Waals surface area contributed by atoms with E-state index >= 15 is 0 Å². The molecule has 8 heteroatoms. The van der Waals surface area contributed by atoms with Gasteiger partial charge in [-0.2, -0.15) is 4.80 Å². The van der Waals surface area contributed by atoms with Gasteiger partial charge in [-0.15, -0.1) is 10.2 Å². The maximum Gasteiger partial charge on any atom is 0.243 e. The van der Waals surface area contributed by atoms with Gasteiger partial charge >= 0.3 is 0 Å². The SMILES string of the molecule is C=C(C)COCCNC(=O)Cn1nnc(-c2ccco2)n1. The molecule has 0 saturated heterocycles. The van der Waals surface area contributed by atoms with Gasteiger partial charge in [-0.25, -0.2) is 0 Å². The highest BCUT2D eigenvalue weighted by atomic mass is 16.5. The van der Waals surface area contributed by atoms with Crippen molar-refractivity contribution in [3.05, 3.63) is 30.5 Å². The van der Waals surface area contributed by atoms with Crippen molar-refractivity contribution in [2.24, 2.45) is 0 Å². The fraction of sp³-hybridized carbons (Fsp3) is 0.385. The summed E-state index contributed by atoms with van der Waals surface area (Å²) in [5.41, 5.74) is 0.943. The van der Waals surface area contributed by atoms with Gasteiger partial charge in [0.1, 0.15) is 6.54 Å². The maximum absolute atomic E-state index is 11.7. The molecule has 1 amide bonds. The van der Waals surface area contributed by atoms with E-state index in [0.29, 0.717) is 31.3 Å². The first-order valence-corrected chi connectivity index (χ1v) is 6.45. The number of hydrogen-bond donors (Lipinski definition) is 1. The van der Waals surface area contributed by atoms with Gasteiger partial charge < -0.3 is 14.5 Å². The monoisotopic (exact) mass is 291 g/mol. The number of tetrazole rings is 1. The van der Waals surface area contributed by atoms with Gasteiger partial charge in [-0.3, -0.25) is 4.79 Å². The van der Waals surface area contributed by atoms with Crippen LogP contribution in [0.15, 0.2) is 35.0 Å². The predicted octanol–water partition coefficient (Wildman–Crippen LogP) is 0.642. The Morgan fingerprint density at radius 3 is 3.14 bits per heavy atom. The van der Waals surface area contributed by atoms with Crippen LogP contribution in [0.4, 0.5) is 0 Å². The standard InChI is InChI=1S/C13H17N5O3/c1-10(2)9-20-7-5-14-12(19)8-18-16-13(15-17-18)11-4-3-6-21-11/h3-4,6H,1,5,7-9H2,2H3,(H,14,19). The average molecular weight is 291 g/mol. The summed E-state index contributed by atoms with van der Waals surface area (Å²) in [7, 11) is 0. The number of aromatic nitrogens is 4. The second kappa shape index (κ2) is 7.34. The normalized spacial score (nSPS) is 10.5. The van der Waals surface area contributed by atoms with Crippen LogP contribution in [0.5, 0.6) is 0 Å². The summed E-state index contributed by atoms with van der Waals surface area (Å²) in [6.45, 7) is 6.94. The number of carbonyl (C=O) groups is 1. The lowest BCUT2D eigenvalue weighted by Gasteiger charge is -2.05. The molecule has 0 radical (unpaired) electrons. The van der Waals surface area contributed by atoms with E-state index in [1.807, 2.05) is 6.92 Å². The molecule has 0 aromatic carbocycles. The highest BCUT2D eigenvalue weighted by Gasteiger charge is 2.10. The largest absolute Gasteiger partial charge is 0.461 e. The minimum atomic E-state index is -0.211. The molecule has 1 N–H and O–H groups in total. The lowest BCUT2D eigenvalue weighted by atomic mass is 10.4. The molecule has 21 heavy (non-hydrogen) atoms. The van der Waals surface area contributed by atoms with Crippen LogP contribution in [0.2, 0.25) is 0 Å². The number of ether oxygens (including phenoxy) is 1. The molecule has 2 heterocycles. The van der Waals surface area contributed by atoms with E-state index in [1.165, 1.54) is 11.1 Å². The summed E-state index contributed by atoms with van der Waals surface area (Å²) in [4.78, 5) is 12.9. The lowest BCUT2D eigenvalue weighted by molar-refractivity contribution is -0.122. The molecule has 0 spiro atoms. The number of nitrogens with zero attached hydrogens (tertiary/aromatic N) is 4. The van der Waals surface area contributed by atoms with E-state index in [2.05, 4.69) is 27.3 Å². The first-order chi connectivity index (χ1) is 10.1. The van der Waals surface area contributed by atoms with Crippen molar-refractivity contribution in [3.63, 3.8) is 0 Å². The zero-order valence-corrected chi connectivity index (χ0v) is 11.8.